The zero-order valence-electron chi connectivity index (χ0n) is 10.0. The molecule has 4 heterocycles. The maximum absolute atomic E-state index is 12.2. The summed E-state index contributed by atoms with van der Waals surface area (Å²) in [4.78, 5) is 18.8. The van der Waals surface area contributed by atoms with Crippen LogP contribution >= 0.6 is 0 Å². The molecule has 3 aliphatic rings. The van der Waals surface area contributed by atoms with Crippen LogP contribution < -0.4 is 0 Å². The molecular formula is C13H18N3O+. The molecule has 0 unspecified atom stereocenters. The van der Waals surface area contributed by atoms with E-state index in [1.165, 1.54) is 0 Å². The highest BCUT2D eigenvalue weighted by atomic mass is 16.1. The molecule has 2 bridgehead atoms. The molecule has 4 rings (SSSR count). The van der Waals surface area contributed by atoms with E-state index in [1.807, 2.05) is 18.2 Å². The van der Waals surface area contributed by atoms with Crippen molar-refractivity contribution in [2.75, 3.05) is 45.8 Å². The fourth-order valence-electron chi connectivity index (χ4n) is 2.88. The Morgan fingerprint density at radius 3 is 2.53 bits per heavy atom. The van der Waals surface area contributed by atoms with Crippen LogP contribution in [0.3, 0.4) is 0 Å². The third kappa shape index (κ3) is 2.10. The van der Waals surface area contributed by atoms with E-state index >= 15 is 0 Å². The van der Waals surface area contributed by atoms with E-state index in [4.69, 9.17) is 0 Å². The zero-order chi connectivity index (χ0) is 11.7. The highest BCUT2D eigenvalue weighted by Gasteiger charge is 2.39. The Labute approximate surface area is 101 Å². The van der Waals surface area contributed by atoms with Gasteiger partial charge >= 0.3 is 0 Å². The van der Waals surface area contributed by atoms with Gasteiger partial charge in [-0.15, -0.1) is 0 Å². The van der Waals surface area contributed by atoms with Gasteiger partial charge in [-0.2, -0.15) is 0 Å². The summed E-state index contributed by atoms with van der Waals surface area (Å²) in [5.74, 6) is 0.195. The smallest absolute Gasteiger partial charge is 0.235 e. The van der Waals surface area contributed by atoms with E-state index in [1.54, 1.807) is 6.20 Å². The summed E-state index contributed by atoms with van der Waals surface area (Å²) < 4.78 is 0.978. The molecule has 4 heteroatoms. The number of carbonyl (C=O) groups is 1. The van der Waals surface area contributed by atoms with Crippen molar-refractivity contribution < 1.29 is 9.28 Å². The van der Waals surface area contributed by atoms with E-state index in [-0.39, 0.29) is 5.78 Å². The number of hydrogen-bond acceptors (Lipinski definition) is 3. The van der Waals surface area contributed by atoms with Crippen molar-refractivity contribution in [1.82, 2.24) is 9.88 Å². The minimum absolute atomic E-state index is 0.195. The van der Waals surface area contributed by atoms with E-state index in [0.717, 1.165) is 43.8 Å². The molecule has 0 N–H and O–H groups in total. The average Bonchev–Trinajstić information content (AvgIpc) is 2.41. The Bertz CT molecular complexity index is 396. The zero-order valence-corrected chi connectivity index (χ0v) is 10.0. The Morgan fingerprint density at radius 1 is 1.24 bits per heavy atom. The van der Waals surface area contributed by atoms with Gasteiger partial charge in [0.05, 0.1) is 19.6 Å². The Balaban J connectivity index is 1.72. The monoisotopic (exact) mass is 232 g/mol. The van der Waals surface area contributed by atoms with Crippen molar-refractivity contribution in [2.45, 2.75) is 0 Å². The molecule has 3 aliphatic heterocycles. The number of quaternary nitrogens is 1. The molecule has 0 atom stereocenters. The second-order valence-electron chi connectivity index (χ2n) is 5.15. The number of Topliss-reactive ketones (excluding diaryl/α,β-unsaturated/α-hetero) is 1. The number of fused-ring (bicyclic) bond motifs is 3. The molecule has 0 amide bonds. The quantitative estimate of drug-likeness (QED) is 0.559. The fourth-order valence-corrected chi connectivity index (χ4v) is 2.88. The van der Waals surface area contributed by atoms with E-state index in [0.29, 0.717) is 12.2 Å². The van der Waals surface area contributed by atoms with Gasteiger partial charge < -0.3 is 4.48 Å². The molecule has 3 saturated heterocycles. The van der Waals surface area contributed by atoms with E-state index in [9.17, 15) is 4.79 Å². The second-order valence-corrected chi connectivity index (χ2v) is 5.15. The maximum atomic E-state index is 12.2. The van der Waals surface area contributed by atoms with Gasteiger partial charge in [0, 0.05) is 25.8 Å². The first-order valence-corrected chi connectivity index (χ1v) is 6.29. The van der Waals surface area contributed by atoms with Gasteiger partial charge in [-0.1, -0.05) is 6.07 Å². The number of ketones is 1. The Kier molecular flexibility index (Phi) is 2.68. The molecule has 17 heavy (non-hydrogen) atoms. The summed E-state index contributed by atoms with van der Waals surface area (Å²) in [6.07, 6.45) is 1.70. The van der Waals surface area contributed by atoms with Crippen molar-refractivity contribution in [3.8, 4) is 0 Å². The summed E-state index contributed by atoms with van der Waals surface area (Å²) in [5.41, 5.74) is 0.619. The first-order valence-electron chi connectivity index (χ1n) is 6.29. The van der Waals surface area contributed by atoms with Crippen LogP contribution in [0.2, 0.25) is 0 Å². The third-order valence-electron chi connectivity index (χ3n) is 4.10. The van der Waals surface area contributed by atoms with Crippen molar-refractivity contribution in [3.05, 3.63) is 30.1 Å². The highest BCUT2D eigenvalue weighted by Crippen LogP contribution is 2.19. The van der Waals surface area contributed by atoms with Crippen LogP contribution in [-0.2, 0) is 0 Å². The molecule has 0 spiro atoms. The lowest BCUT2D eigenvalue weighted by molar-refractivity contribution is -0.933. The van der Waals surface area contributed by atoms with Crippen LogP contribution in [0.1, 0.15) is 10.5 Å². The van der Waals surface area contributed by atoms with Crippen molar-refractivity contribution >= 4 is 5.78 Å². The number of pyridine rings is 1. The van der Waals surface area contributed by atoms with Gasteiger partial charge in [-0.25, -0.2) is 0 Å². The molecule has 4 nitrogen and oxygen atoms in total. The van der Waals surface area contributed by atoms with Gasteiger partial charge in [-0.05, 0) is 12.1 Å². The lowest BCUT2D eigenvalue weighted by Crippen LogP contribution is -2.68. The molecule has 0 saturated carbocycles. The first kappa shape index (κ1) is 10.9. The number of rotatable bonds is 3. The van der Waals surface area contributed by atoms with Crippen LogP contribution in [0.4, 0.5) is 0 Å². The van der Waals surface area contributed by atoms with Gasteiger partial charge in [0.2, 0.25) is 5.78 Å². The van der Waals surface area contributed by atoms with Crippen LogP contribution in [0.15, 0.2) is 24.4 Å². The molecule has 0 aliphatic carbocycles. The number of carbonyl (C=O) groups excluding carboxylic acids is 1. The average molecular weight is 232 g/mol. The number of aromatic nitrogens is 1. The molecule has 3 fully saturated rings. The van der Waals surface area contributed by atoms with Crippen molar-refractivity contribution in [1.29, 1.82) is 0 Å². The number of hydrogen-bond donors (Lipinski definition) is 0. The Morgan fingerprint density at radius 2 is 1.94 bits per heavy atom. The summed E-state index contributed by atoms with van der Waals surface area (Å²) in [6, 6.07) is 5.55. The maximum Gasteiger partial charge on any atom is 0.235 e. The molecule has 90 valence electrons. The van der Waals surface area contributed by atoms with Crippen molar-refractivity contribution in [3.63, 3.8) is 0 Å². The van der Waals surface area contributed by atoms with Gasteiger partial charge in [0.25, 0.3) is 0 Å². The topological polar surface area (TPSA) is 33.2 Å². The predicted octanol–water partition coefficient (Wildman–Crippen LogP) is 0.410. The SMILES string of the molecule is O=C(C[N+]12CCN(CC1)CC2)c1ccccn1. The van der Waals surface area contributed by atoms with E-state index in [2.05, 4.69) is 9.88 Å². The van der Waals surface area contributed by atoms with Gasteiger partial charge in [-0.3, -0.25) is 14.7 Å². The third-order valence-corrected chi connectivity index (χ3v) is 4.10. The lowest BCUT2D eigenvalue weighted by atomic mass is 10.1. The summed E-state index contributed by atoms with van der Waals surface area (Å²) >= 11 is 0. The largest absolute Gasteiger partial charge is 0.314 e. The Hall–Kier alpha value is -1.26. The van der Waals surface area contributed by atoms with Gasteiger partial charge in [0.1, 0.15) is 12.2 Å². The summed E-state index contributed by atoms with van der Waals surface area (Å²) in [7, 11) is 0. The minimum Gasteiger partial charge on any atom is -0.314 e. The van der Waals surface area contributed by atoms with Crippen molar-refractivity contribution in [2.24, 2.45) is 0 Å². The molecule has 0 aromatic carbocycles. The standard InChI is InChI=1S/C13H18N3O/c17-13(12-3-1-2-4-14-12)11-16-8-5-15(6-9-16)7-10-16/h1-4H,5-11H2/q+1. The fraction of sp³-hybridized carbons (Fsp3) is 0.538. The van der Waals surface area contributed by atoms with Crippen LogP contribution in [0.25, 0.3) is 0 Å². The molecular weight excluding hydrogens is 214 g/mol. The van der Waals surface area contributed by atoms with E-state index < -0.39 is 0 Å². The van der Waals surface area contributed by atoms with Crippen LogP contribution in [-0.4, -0.2) is 66.0 Å². The highest BCUT2D eigenvalue weighted by molar-refractivity contribution is 5.95. The lowest BCUT2D eigenvalue weighted by Gasteiger charge is -2.50. The normalized spacial score (nSPS) is 31.4. The first-order chi connectivity index (χ1) is 8.27. The van der Waals surface area contributed by atoms with Crippen LogP contribution in [0, 0.1) is 0 Å². The predicted molar refractivity (Wildman–Crippen MR) is 64.7 cm³/mol. The number of nitrogens with zero attached hydrogens (tertiary/aromatic N) is 3. The summed E-state index contributed by atoms with van der Waals surface area (Å²) in [5, 5.41) is 0. The van der Waals surface area contributed by atoms with Gasteiger partial charge in [0.15, 0.2) is 0 Å². The molecule has 0 radical (unpaired) electrons. The van der Waals surface area contributed by atoms with Crippen LogP contribution in [0.5, 0.6) is 0 Å². The minimum atomic E-state index is 0.195. The summed E-state index contributed by atoms with van der Waals surface area (Å²) in [6.45, 7) is 7.45. The second kappa shape index (κ2) is 4.20. The molecule has 1 aromatic rings. The molecule has 1 aromatic heterocycles. The number of piperazine rings is 3.